The van der Waals surface area contributed by atoms with Crippen molar-refractivity contribution in [2.75, 3.05) is 20.6 Å². The summed E-state index contributed by atoms with van der Waals surface area (Å²) in [5.41, 5.74) is 1.28. The van der Waals surface area contributed by atoms with Crippen molar-refractivity contribution < 1.29 is 4.42 Å². The van der Waals surface area contributed by atoms with Crippen LogP contribution in [0.4, 0.5) is 0 Å². The molecule has 0 atom stereocenters. The molecule has 0 unspecified atom stereocenters. The second-order valence-corrected chi connectivity index (χ2v) is 4.49. The molecular weight excluding hydrogens is 188 g/mol. The van der Waals surface area contributed by atoms with Gasteiger partial charge in [0.15, 0.2) is 0 Å². The van der Waals surface area contributed by atoms with Crippen LogP contribution in [0.2, 0.25) is 0 Å². The molecule has 1 aromatic rings. The monoisotopic (exact) mass is 210 g/mol. The Morgan fingerprint density at radius 1 is 1.47 bits per heavy atom. The first-order valence-corrected chi connectivity index (χ1v) is 5.52. The smallest absolute Gasteiger partial charge is 0.122 e. The Bertz CT molecular complexity index is 281. The predicted octanol–water partition coefficient (Wildman–Crippen LogP) is 2.09. The molecule has 0 spiro atoms. The van der Waals surface area contributed by atoms with E-state index in [4.69, 9.17) is 4.42 Å². The van der Waals surface area contributed by atoms with Crippen molar-refractivity contribution in [3.8, 4) is 0 Å². The SMILES string of the molecule is CNCc1occc1CN(C)CC(C)C. The highest BCUT2D eigenvalue weighted by Crippen LogP contribution is 2.13. The molecule has 1 aromatic heterocycles. The number of nitrogens with one attached hydrogen (secondary N) is 1. The number of furan rings is 1. The second kappa shape index (κ2) is 5.93. The Morgan fingerprint density at radius 3 is 2.80 bits per heavy atom. The highest BCUT2D eigenvalue weighted by atomic mass is 16.3. The van der Waals surface area contributed by atoms with E-state index >= 15 is 0 Å². The fourth-order valence-electron chi connectivity index (χ4n) is 1.80. The van der Waals surface area contributed by atoms with Crippen LogP contribution >= 0.6 is 0 Å². The predicted molar refractivity (Wildman–Crippen MR) is 62.6 cm³/mol. The summed E-state index contributed by atoms with van der Waals surface area (Å²) in [7, 11) is 4.08. The van der Waals surface area contributed by atoms with Crippen LogP contribution < -0.4 is 5.32 Å². The molecule has 0 aliphatic heterocycles. The molecule has 1 rings (SSSR count). The third-order valence-electron chi connectivity index (χ3n) is 2.29. The van der Waals surface area contributed by atoms with E-state index in [-0.39, 0.29) is 0 Å². The van der Waals surface area contributed by atoms with Gasteiger partial charge in [0.05, 0.1) is 12.8 Å². The van der Waals surface area contributed by atoms with Gasteiger partial charge in [0.2, 0.25) is 0 Å². The van der Waals surface area contributed by atoms with Crippen molar-refractivity contribution in [1.29, 1.82) is 0 Å². The Balaban J connectivity index is 2.51. The normalized spacial score (nSPS) is 11.6. The first kappa shape index (κ1) is 12.3. The molecule has 0 bridgehead atoms. The second-order valence-electron chi connectivity index (χ2n) is 4.49. The zero-order valence-electron chi connectivity index (χ0n) is 10.2. The lowest BCUT2D eigenvalue weighted by Crippen LogP contribution is -2.23. The third kappa shape index (κ3) is 4.06. The summed E-state index contributed by atoms with van der Waals surface area (Å²) in [4.78, 5) is 2.33. The van der Waals surface area contributed by atoms with Crippen molar-refractivity contribution >= 4 is 0 Å². The Kier molecular flexibility index (Phi) is 4.85. The van der Waals surface area contributed by atoms with E-state index in [1.165, 1.54) is 5.56 Å². The third-order valence-corrected chi connectivity index (χ3v) is 2.29. The Hall–Kier alpha value is -0.800. The number of hydrogen-bond acceptors (Lipinski definition) is 3. The van der Waals surface area contributed by atoms with E-state index in [2.05, 4.69) is 37.2 Å². The maximum atomic E-state index is 5.42. The van der Waals surface area contributed by atoms with E-state index < -0.39 is 0 Å². The lowest BCUT2D eigenvalue weighted by Gasteiger charge is -2.18. The van der Waals surface area contributed by atoms with Gasteiger partial charge in [-0.05, 0) is 26.1 Å². The van der Waals surface area contributed by atoms with E-state index in [1.54, 1.807) is 6.26 Å². The summed E-state index contributed by atoms with van der Waals surface area (Å²) in [5, 5.41) is 3.11. The zero-order chi connectivity index (χ0) is 11.3. The van der Waals surface area contributed by atoms with Crippen LogP contribution in [0.1, 0.15) is 25.2 Å². The van der Waals surface area contributed by atoms with E-state index in [9.17, 15) is 0 Å². The fourth-order valence-corrected chi connectivity index (χ4v) is 1.80. The summed E-state index contributed by atoms with van der Waals surface area (Å²) in [5.74, 6) is 1.75. The molecule has 86 valence electrons. The summed E-state index contributed by atoms with van der Waals surface area (Å²) in [6, 6.07) is 2.06. The van der Waals surface area contributed by atoms with E-state index in [1.807, 2.05) is 7.05 Å². The molecule has 0 saturated carbocycles. The molecule has 3 heteroatoms. The minimum Gasteiger partial charge on any atom is -0.468 e. The first-order valence-electron chi connectivity index (χ1n) is 5.52. The van der Waals surface area contributed by atoms with Crippen LogP contribution in [0.25, 0.3) is 0 Å². The summed E-state index contributed by atoms with van der Waals surface area (Å²) < 4.78 is 5.42. The largest absolute Gasteiger partial charge is 0.468 e. The minimum absolute atomic E-state index is 0.703. The lowest BCUT2D eigenvalue weighted by atomic mass is 10.2. The average Bonchev–Trinajstić information content (AvgIpc) is 2.52. The maximum Gasteiger partial charge on any atom is 0.122 e. The quantitative estimate of drug-likeness (QED) is 0.779. The van der Waals surface area contributed by atoms with Crippen molar-refractivity contribution in [3.63, 3.8) is 0 Å². The van der Waals surface area contributed by atoms with Crippen LogP contribution in [0.5, 0.6) is 0 Å². The van der Waals surface area contributed by atoms with Crippen LogP contribution in [-0.2, 0) is 13.1 Å². The minimum atomic E-state index is 0.703. The van der Waals surface area contributed by atoms with Crippen LogP contribution in [0.15, 0.2) is 16.7 Å². The van der Waals surface area contributed by atoms with Gasteiger partial charge >= 0.3 is 0 Å². The highest BCUT2D eigenvalue weighted by Gasteiger charge is 2.08. The van der Waals surface area contributed by atoms with Gasteiger partial charge in [-0.2, -0.15) is 0 Å². The summed E-state index contributed by atoms with van der Waals surface area (Å²) >= 11 is 0. The molecule has 15 heavy (non-hydrogen) atoms. The van der Waals surface area contributed by atoms with Gasteiger partial charge < -0.3 is 14.6 Å². The maximum absolute atomic E-state index is 5.42. The molecule has 1 heterocycles. The van der Waals surface area contributed by atoms with E-state index in [0.717, 1.165) is 25.4 Å². The lowest BCUT2D eigenvalue weighted by molar-refractivity contribution is 0.285. The summed E-state index contributed by atoms with van der Waals surface area (Å²) in [6.45, 7) is 7.36. The molecule has 0 saturated heterocycles. The molecule has 0 aromatic carbocycles. The first-order chi connectivity index (χ1) is 7.13. The van der Waals surface area contributed by atoms with Crippen molar-refractivity contribution in [2.24, 2.45) is 5.92 Å². The zero-order valence-corrected chi connectivity index (χ0v) is 10.2. The van der Waals surface area contributed by atoms with Gasteiger partial charge in [0.1, 0.15) is 5.76 Å². The fraction of sp³-hybridized carbons (Fsp3) is 0.667. The molecule has 3 nitrogen and oxygen atoms in total. The number of rotatable bonds is 6. The van der Waals surface area contributed by atoms with E-state index in [0.29, 0.717) is 5.92 Å². The topological polar surface area (TPSA) is 28.4 Å². The van der Waals surface area contributed by atoms with Gasteiger partial charge in [-0.25, -0.2) is 0 Å². The Morgan fingerprint density at radius 2 is 2.20 bits per heavy atom. The molecule has 1 N–H and O–H groups in total. The van der Waals surface area contributed by atoms with Crippen molar-refractivity contribution in [2.45, 2.75) is 26.9 Å². The van der Waals surface area contributed by atoms with Crippen LogP contribution in [-0.4, -0.2) is 25.5 Å². The van der Waals surface area contributed by atoms with Gasteiger partial charge in [-0.1, -0.05) is 13.8 Å². The van der Waals surface area contributed by atoms with Gasteiger partial charge in [-0.3, -0.25) is 0 Å². The molecule has 0 aliphatic rings. The number of nitrogens with zero attached hydrogens (tertiary/aromatic N) is 1. The van der Waals surface area contributed by atoms with Crippen LogP contribution in [0.3, 0.4) is 0 Å². The highest BCUT2D eigenvalue weighted by molar-refractivity contribution is 5.16. The van der Waals surface area contributed by atoms with Gasteiger partial charge in [0, 0.05) is 18.7 Å². The van der Waals surface area contributed by atoms with Crippen LogP contribution in [0, 0.1) is 5.92 Å². The number of hydrogen-bond donors (Lipinski definition) is 1. The Labute approximate surface area is 92.5 Å². The molecule has 0 radical (unpaired) electrons. The molecule has 0 aliphatic carbocycles. The van der Waals surface area contributed by atoms with Gasteiger partial charge in [0.25, 0.3) is 0 Å². The summed E-state index contributed by atoms with van der Waals surface area (Å²) in [6.07, 6.45) is 1.77. The molecule has 0 fully saturated rings. The molecular formula is C12H22N2O. The van der Waals surface area contributed by atoms with Gasteiger partial charge in [-0.15, -0.1) is 0 Å². The van der Waals surface area contributed by atoms with Crippen molar-refractivity contribution in [1.82, 2.24) is 10.2 Å². The molecule has 0 amide bonds. The standard InChI is InChI=1S/C12H22N2O/c1-10(2)8-14(4)9-11-5-6-15-12(11)7-13-3/h5-6,10,13H,7-9H2,1-4H3. The van der Waals surface area contributed by atoms with Crippen molar-refractivity contribution in [3.05, 3.63) is 23.7 Å². The average molecular weight is 210 g/mol.